The van der Waals surface area contributed by atoms with Gasteiger partial charge < -0.3 is 14.2 Å². The first-order valence-corrected chi connectivity index (χ1v) is 16.5. The molecule has 10 heteroatoms. The number of aromatic nitrogens is 1. The van der Waals surface area contributed by atoms with Gasteiger partial charge in [-0.15, -0.1) is 0 Å². The van der Waals surface area contributed by atoms with Crippen LogP contribution in [0.2, 0.25) is 0 Å². The van der Waals surface area contributed by atoms with Gasteiger partial charge in [-0.2, -0.15) is 0 Å². The van der Waals surface area contributed by atoms with Gasteiger partial charge in [0.1, 0.15) is 6.61 Å². The molecule has 5 rings (SSSR count). The van der Waals surface area contributed by atoms with E-state index in [1.807, 2.05) is 80.6 Å². The van der Waals surface area contributed by atoms with Crippen molar-refractivity contribution in [2.75, 3.05) is 13.2 Å². The molecule has 0 amide bonds. The van der Waals surface area contributed by atoms with Gasteiger partial charge >= 0.3 is 5.97 Å². The maximum Gasteiger partial charge on any atom is 0.338 e. The second kappa shape index (κ2) is 13.6. The summed E-state index contributed by atoms with van der Waals surface area (Å²) in [6.45, 7) is 8.55. The number of aryl methyl sites for hydroxylation is 1. The van der Waals surface area contributed by atoms with Crippen LogP contribution in [0, 0.1) is 10.5 Å². The molecule has 7 nitrogen and oxygen atoms in total. The van der Waals surface area contributed by atoms with Crippen LogP contribution in [0.3, 0.4) is 0 Å². The van der Waals surface area contributed by atoms with Crippen LogP contribution in [-0.4, -0.2) is 23.8 Å². The maximum absolute atomic E-state index is 14.0. The van der Waals surface area contributed by atoms with Crippen LogP contribution < -0.4 is 24.4 Å². The molecule has 0 aliphatic carbocycles. The summed E-state index contributed by atoms with van der Waals surface area (Å²) in [5.74, 6) is 0.778. The van der Waals surface area contributed by atoms with Gasteiger partial charge in [0.05, 0.1) is 38.6 Å². The highest BCUT2D eigenvalue weighted by Gasteiger charge is 2.33. The summed E-state index contributed by atoms with van der Waals surface area (Å²) in [7, 11) is 0. The summed E-state index contributed by atoms with van der Waals surface area (Å²) in [5, 5.41) is 0. The molecule has 0 spiro atoms. The van der Waals surface area contributed by atoms with Gasteiger partial charge in [0, 0.05) is 4.47 Å². The summed E-state index contributed by atoms with van der Waals surface area (Å²) < 4.78 is 21.5. The van der Waals surface area contributed by atoms with Crippen LogP contribution >= 0.6 is 49.9 Å². The summed E-state index contributed by atoms with van der Waals surface area (Å²) in [5.41, 5.74) is 4.40. The smallest absolute Gasteiger partial charge is 0.338 e. The Kier molecular flexibility index (Phi) is 9.88. The molecule has 0 radical (unpaired) electrons. The van der Waals surface area contributed by atoms with E-state index in [0.717, 1.165) is 30.3 Å². The zero-order chi connectivity index (χ0) is 30.7. The van der Waals surface area contributed by atoms with Crippen molar-refractivity contribution in [3.8, 4) is 11.5 Å². The zero-order valence-corrected chi connectivity index (χ0v) is 28.7. The van der Waals surface area contributed by atoms with Crippen LogP contribution in [0.5, 0.6) is 11.5 Å². The van der Waals surface area contributed by atoms with Gasteiger partial charge in [-0.3, -0.25) is 9.36 Å². The average molecular weight is 773 g/mol. The van der Waals surface area contributed by atoms with E-state index in [1.165, 1.54) is 11.3 Å². The summed E-state index contributed by atoms with van der Waals surface area (Å²) >= 11 is 6.99. The molecule has 0 N–H and O–H groups in total. The van der Waals surface area contributed by atoms with Crippen LogP contribution in [0.25, 0.3) is 6.08 Å². The standard InChI is InChI=1S/C33H30BrIN2O5S/c1-5-40-26-16-22(15-25(35)30(26)42-18-21-9-13-24(34)14-10-21)17-27-31(38)37-29(23-11-7-19(3)8-12-23)28(32(39)41-6-2)20(4)36-33(37)43-27/h7-17,29H,5-6,18H2,1-4H3/b27-17+/t29-/m1/s1. The Bertz CT molecular complexity index is 1880. The summed E-state index contributed by atoms with van der Waals surface area (Å²) in [6.07, 6.45) is 1.84. The number of esters is 1. The van der Waals surface area contributed by atoms with Crippen LogP contribution in [0.4, 0.5) is 0 Å². The molecule has 0 unspecified atom stereocenters. The largest absolute Gasteiger partial charge is 0.490 e. The number of allylic oxidation sites excluding steroid dienone is 1. The number of fused-ring (bicyclic) bond motifs is 1. The Morgan fingerprint density at radius 3 is 2.44 bits per heavy atom. The minimum absolute atomic E-state index is 0.226. The molecule has 222 valence electrons. The van der Waals surface area contributed by atoms with Crippen molar-refractivity contribution in [1.82, 2.24) is 4.57 Å². The van der Waals surface area contributed by atoms with E-state index in [4.69, 9.17) is 14.2 Å². The molecule has 0 saturated carbocycles. The van der Waals surface area contributed by atoms with Crippen molar-refractivity contribution < 1.29 is 19.0 Å². The number of hydrogen-bond acceptors (Lipinski definition) is 7. The number of nitrogens with zero attached hydrogens (tertiary/aromatic N) is 2. The van der Waals surface area contributed by atoms with E-state index in [2.05, 4.69) is 43.5 Å². The van der Waals surface area contributed by atoms with Crippen molar-refractivity contribution >= 4 is 61.9 Å². The third-order valence-electron chi connectivity index (χ3n) is 6.84. The van der Waals surface area contributed by atoms with E-state index < -0.39 is 12.0 Å². The molecule has 2 heterocycles. The minimum Gasteiger partial charge on any atom is -0.490 e. The number of carbonyl (C=O) groups excluding carboxylic acids is 1. The molecule has 1 atom stereocenters. The van der Waals surface area contributed by atoms with Gasteiger partial charge in [-0.25, -0.2) is 9.79 Å². The van der Waals surface area contributed by atoms with Crippen molar-refractivity contribution in [2.24, 2.45) is 4.99 Å². The Hall–Kier alpha value is -3.22. The van der Waals surface area contributed by atoms with Gasteiger partial charge in [0.25, 0.3) is 5.56 Å². The molecule has 0 bridgehead atoms. The fraction of sp³-hybridized carbons (Fsp3) is 0.242. The lowest BCUT2D eigenvalue weighted by Crippen LogP contribution is -2.39. The monoisotopic (exact) mass is 772 g/mol. The molecule has 0 saturated heterocycles. The van der Waals surface area contributed by atoms with Crippen molar-refractivity contribution in [1.29, 1.82) is 0 Å². The lowest BCUT2D eigenvalue weighted by molar-refractivity contribution is -0.139. The topological polar surface area (TPSA) is 79.1 Å². The third kappa shape index (κ3) is 6.81. The first-order valence-electron chi connectivity index (χ1n) is 13.8. The highest BCUT2D eigenvalue weighted by atomic mass is 127. The Balaban J connectivity index is 1.58. The van der Waals surface area contributed by atoms with Gasteiger partial charge in [-0.05, 0) is 97.3 Å². The fourth-order valence-corrected chi connectivity index (χ4v) is 6.91. The van der Waals surface area contributed by atoms with Gasteiger partial charge in [-0.1, -0.05) is 69.2 Å². The number of rotatable bonds is 9. The number of thiazole rings is 1. The molecular formula is C33H30BrIN2O5S. The SMILES string of the molecule is CCOC(=O)C1=C(C)N=c2s/c(=C/c3cc(I)c(OCc4ccc(Br)cc4)c(OCC)c3)c(=O)n2[C@@H]1c1ccc(C)cc1. The summed E-state index contributed by atoms with van der Waals surface area (Å²) in [6, 6.07) is 19.0. The molecule has 1 aromatic heterocycles. The highest BCUT2D eigenvalue weighted by molar-refractivity contribution is 14.1. The first-order chi connectivity index (χ1) is 20.7. The lowest BCUT2D eigenvalue weighted by atomic mass is 9.95. The Morgan fingerprint density at radius 1 is 1.05 bits per heavy atom. The highest BCUT2D eigenvalue weighted by Crippen LogP contribution is 2.35. The molecule has 0 fully saturated rings. The predicted molar refractivity (Wildman–Crippen MR) is 180 cm³/mol. The molecule has 4 aromatic rings. The number of carbonyl (C=O) groups is 1. The second-order valence-corrected chi connectivity index (χ2v) is 13.0. The minimum atomic E-state index is -0.647. The Labute approximate surface area is 275 Å². The maximum atomic E-state index is 14.0. The molecular weight excluding hydrogens is 743 g/mol. The average Bonchev–Trinajstić information content (AvgIpc) is 3.27. The summed E-state index contributed by atoms with van der Waals surface area (Å²) in [4.78, 5) is 32.3. The van der Waals surface area contributed by atoms with Crippen LogP contribution in [0.15, 0.2) is 86.2 Å². The number of benzene rings is 3. The van der Waals surface area contributed by atoms with Gasteiger partial charge in [0.2, 0.25) is 0 Å². The van der Waals surface area contributed by atoms with E-state index >= 15 is 0 Å². The van der Waals surface area contributed by atoms with E-state index in [1.54, 1.807) is 18.4 Å². The second-order valence-electron chi connectivity index (χ2n) is 9.89. The molecule has 3 aromatic carbocycles. The third-order valence-corrected chi connectivity index (χ3v) is 9.15. The lowest BCUT2D eigenvalue weighted by Gasteiger charge is -2.24. The quantitative estimate of drug-likeness (QED) is 0.144. The van der Waals surface area contributed by atoms with E-state index in [-0.39, 0.29) is 12.2 Å². The van der Waals surface area contributed by atoms with Crippen LogP contribution in [0.1, 0.15) is 49.1 Å². The predicted octanol–water partition coefficient (Wildman–Crippen LogP) is 6.45. The number of hydrogen-bond donors (Lipinski definition) is 0. The first kappa shape index (κ1) is 31.2. The zero-order valence-electron chi connectivity index (χ0n) is 24.1. The molecule has 1 aliphatic rings. The number of halogens is 2. The van der Waals surface area contributed by atoms with Crippen molar-refractivity contribution in [3.63, 3.8) is 0 Å². The normalized spacial score (nSPS) is 14.7. The van der Waals surface area contributed by atoms with Crippen LogP contribution in [-0.2, 0) is 16.1 Å². The van der Waals surface area contributed by atoms with E-state index in [9.17, 15) is 9.59 Å². The number of ether oxygens (including phenoxy) is 3. The fourth-order valence-electron chi connectivity index (χ4n) is 4.82. The molecule has 43 heavy (non-hydrogen) atoms. The van der Waals surface area contributed by atoms with E-state index in [0.29, 0.717) is 45.3 Å². The molecule has 1 aliphatic heterocycles. The van der Waals surface area contributed by atoms with Gasteiger partial charge in [0.15, 0.2) is 16.3 Å². The van der Waals surface area contributed by atoms with Crippen molar-refractivity contribution in [2.45, 2.75) is 40.3 Å². The Morgan fingerprint density at radius 2 is 1.77 bits per heavy atom. The van der Waals surface area contributed by atoms with Crippen molar-refractivity contribution in [3.05, 3.63) is 122 Å².